The van der Waals surface area contributed by atoms with Gasteiger partial charge < -0.3 is 4.90 Å². The Balaban J connectivity index is 2.19. The predicted molar refractivity (Wildman–Crippen MR) is 111 cm³/mol. The highest BCUT2D eigenvalue weighted by molar-refractivity contribution is 8.02. The van der Waals surface area contributed by atoms with E-state index in [0.717, 1.165) is 21.9 Å². The van der Waals surface area contributed by atoms with Gasteiger partial charge in [0.25, 0.3) is 0 Å². The maximum absolute atomic E-state index is 12.6. The standard InChI is InChI=1S/C23H22N2OS/c1-16-21(17(2)26)22(19-12-8-5-9-13-19)20(14-24)23(27-3)25(16)15-18-10-6-4-7-11-18/h4-13,22H,15H2,1-3H3. The Morgan fingerprint density at radius 3 is 2.22 bits per heavy atom. The Morgan fingerprint density at radius 2 is 1.70 bits per heavy atom. The molecule has 0 saturated carbocycles. The summed E-state index contributed by atoms with van der Waals surface area (Å²) in [5.41, 5.74) is 4.38. The van der Waals surface area contributed by atoms with E-state index in [4.69, 9.17) is 0 Å². The van der Waals surface area contributed by atoms with Gasteiger partial charge in [-0.2, -0.15) is 5.26 Å². The monoisotopic (exact) mass is 374 g/mol. The molecule has 4 heteroatoms. The van der Waals surface area contributed by atoms with Gasteiger partial charge in [0, 0.05) is 17.8 Å². The summed E-state index contributed by atoms with van der Waals surface area (Å²) in [5, 5.41) is 10.9. The van der Waals surface area contributed by atoms with Gasteiger partial charge in [0.2, 0.25) is 0 Å². The van der Waals surface area contributed by atoms with Gasteiger partial charge >= 0.3 is 0 Å². The largest absolute Gasteiger partial charge is 0.335 e. The number of nitriles is 1. The third kappa shape index (κ3) is 3.70. The molecule has 27 heavy (non-hydrogen) atoms. The van der Waals surface area contributed by atoms with Crippen molar-refractivity contribution in [3.05, 3.63) is 93.7 Å². The minimum absolute atomic E-state index is 0.00678. The van der Waals surface area contributed by atoms with Crippen LogP contribution in [0.5, 0.6) is 0 Å². The molecule has 0 aliphatic carbocycles. The van der Waals surface area contributed by atoms with Crippen LogP contribution in [-0.2, 0) is 11.3 Å². The van der Waals surface area contributed by atoms with Crippen LogP contribution in [0.1, 0.15) is 30.9 Å². The molecule has 0 aromatic heterocycles. The fourth-order valence-corrected chi connectivity index (χ4v) is 4.45. The molecule has 1 unspecified atom stereocenters. The number of allylic oxidation sites excluding steroid dienone is 3. The van der Waals surface area contributed by atoms with Crippen LogP contribution in [0.2, 0.25) is 0 Å². The third-order valence-corrected chi connectivity index (χ3v) is 5.68. The average molecular weight is 375 g/mol. The van der Waals surface area contributed by atoms with Crippen LogP contribution in [-0.4, -0.2) is 16.9 Å². The van der Waals surface area contributed by atoms with Crippen LogP contribution in [0, 0.1) is 11.3 Å². The first kappa shape index (κ1) is 19.0. The number of hydrogen-bond donors (Lipinski definition) is 0. The molecule has 0 bridgehead atoms. The zero-order valence-corrected chi connectivity index (χ0v) is 16.6. The summed E-state index contributed by atoms with van der Waals surface area (Å²) in [7, 11) is 0. The number of carbonyl (C=O) groups excluding carboxylic acids is 1. The smallest absolute Gasteiger partial charge is 0.158 e. The van der Waals surface area contributed by atoms with E-state index in [9.17, 15) is 10.1 Å². The lowest BCUT2D eigenvalue weighted by Gasteiger charge is -2.37. The van der Waals surface area contributed by atoms with Gasteiger partial charge in [-0.15, -0.1) is 11.8 Å². The number of thioether (sulfide) groups is 1. The van der Waals surface area contributed by atoms with Crippen molar-refractivity contribution < 1.29 is 4.79 Å². The molecule has 2 aromatic rings. The van der Waals surface area contributed by atoms with Crippen LogP contribution >= 0.6 is 11.8 Å². The molecule has 2 aromatic carbocycles. The van der Waals surface area contributed by atoms with Crippen molar-refractivity contribution >= 4 is 17.5 Å². The quantitative estimate of drug-likeness (QED) is 0.717. The molecular weight excluding hydrogens is 352 g/mol. The van der Waals surface area contributed by atoms with E-state index in [1.807, 2.05) is 61.7 Å². The lowest BCUT2D eigenvalue weighted by atomic mass is 9.80. The van der Waals surface area contributed by atoms with Gasteiger partial charge in [0.05, 0.1) is 22.6 Å². The summed E-state index contributed by atoms with van der Waals surface area (Å²) in [5.74, 6) is -0.310. The third-order valence-electron chi connectivity index (χ3n) is 4.86. The topological polar surface area (TPSA) is 44.1 Å². The van der Waals surface area contributed by atoms with Crippen LogP contribution in [0.4, 0.5) is 0 Å². The van der Waals surface area contributed by atoms with Gasteiger partial charge in [-0.05, 0) is 31.2 Å². The van der Waals surface area contributed by atoms with E-state index < -0.39 is 0 Å². The zero-order valence-electron chi connectivity index (χ0n) is 15.8. The summed E-state index contributed by atoms with van der Waals surface area (Å²) in [6, 6.07) is 22.4. The number of ketones is 1. The number of Topliss-reactive ketones (excluding diaryl/α,β-unsaturated/α-hetero) is 1. The van der Waals surface area contributed by atoms with Crippen molar-refractivity contribution in [2.75, 3.05) is 6.26 Å². The van der Waals surface area contributed by atoms with Crippen LogP contribution < -0.4 is 0 Å². The minimum atomic E-state index is -0.317. The van der Waals surface area contributed by atoms with Crippen molar-refractivity contribution in [1.29, 1.82) is 5.26 Å². The summed E-state index contributed by atoms with van der Waals surface area (Å²) >= 11 is 1.56. The highest BCUT2D eigenvalue weighted by atomic mass is 32.2. The van der Waals surface area contributed by atoms with Crippen LogP contribution in [0.15, 0.2) is 82.5 Å². The molecule has 0 N–H and O–H groups in total. The van der Waals surface area contributed by atoms with Crippen molar-refractivity contribution in [2.45, 2.75) is 26.3 Å². The first-order chi connectivity index (χ1) is 13.1. The van der Waals surface area contributed by atoms with E-state index in [2.05, 4.69) is 23.1 Å². The molecule has 0 amide bonds. The average Bonchev–Trinajstić information content (AvgIpc) is 2.69. The van der Waals surface area contributed by atoms with Gasteiger partial charge in [-0.25, -0.2) is 0 Å². The van der Waals surface area contributed by atoms with Gasteiger partial charge in [-0.3, -0.25) is 4.79 Å². The number of hydrogen-bond acceptors (Lipinski definition) is 4. The Labute approximate surface area is 165 Å². The molecule has 0 spiro atoms. The van der Waals surface area contributed by atoms with Crippen molar-refractivity contribution in [3.8, 4) is 6.07 Å². The second kappa shape index (κ2) is 8.28. The highest BCUT2D eigenvalue weighted by Crippen LogP contribution is 2.45. The van der Waals surface area contributed by atoms with Crippen LogP contribution in [0.3, 0.4) is 0 Å². The van der Waals surface area contributed by atoms with E-state index in [1.165, 1.54) is 0 Å². The lowest BCUT2D eigenvalue weighted by Crippen LogP contribution is -2.31. The lowest BCUT2D eigenvalue weighted by molar-refractivity contribution is -0.114. The van der Waals surface area contributed by atoms with Crippen molar-refractivity contribution in [1.82, 2.24) is 4.90 Å². The fraction of sp³-hybridized carbons (Fsp3) is 0.217. The minimum Gasteiger partial charge on any atom is -0.335 e. The summed E-state index contributed by atoms with van der Waals surface area (Å²) in [6.45, 7) is 4.21. The molecule has 1 atom stereocenters. The van der Waals surface area contributed by atoms with Gasteiger partial charge in [0.1, 0.15) is 0 Å². The molecule has 1 aliphatic heterocycles. The Hall–Kier alpha value is -2.77. The summed E-state index contributed by atoms with van der Waals surface area (Å²) in [6.07, 6.45) is 1.98. The maximum Gasteiger partial charge on any atom is 0.158 e. The van der Waals surface area contributed by atoms with E-state index in [0.29, 0.717) is 17.7 Å². The Kier molecular flexibility index (Phi) is 5.83. The maximum atomic E-state index is 12.6. The normalized spacial score (nSPS) is 17.1. The Bertz CT molecular complexity index is 939. The molecule has 0 radical (unpaired) electrons. The molecule has 1 aliphatic rings. The second-order valence-electron chi connectivity index (χ2n) is 6.51. The van der Waals surface area contributed by atoms with E-state index in [1.54, 1.807) is 18.7 Å². The van der Waals surface area contributed by atoms with E-state index >= 15 is 0 Å². The molecule has 136 valence electrons. The summed E-state index contributed by atoms with van der Waals surface area (Å²) < 4.78 is 0. The van der Waals surface area contributed by atoms with Gasteiger partial charge in [0.15, 0.2) is 5.78 Å². The first-order valence-electron chi connectivity index (χ1n) is 8.84. The zero-order chi connectivity index (χ0) is 19.4. The highest BCUT2D eigenvalue weighted by Gasteiger charge is 2.36. The summed E-state index contributed by atoms with van der Waals surface area (Å²) in [4.78, 5) is 14.7. The number of carbonyl (C=O) groups is 1. The fourth-order valence-electron chi connectivity index (χ4n) is 3.65. The molecule has 0 saturated heterocycles. The van der Waals surface area contributed by atoms with Crippen molar-refractivity contribution in [3.63, 3.8) is 0 Å². The number of rotatable bonds is 5. The predicted octanol–water partition coefficient (Wildman–Crippen LogP) is 5.25. The number of nitrogens with zero attached hydrogens (tertiary/aromatic N) is 2. The van der Waals surface area contributed by atoms with Crippen molar-refractivity contribution in [2.24, 2.45) is 0 Å². The molecule has 3 rings (SSSR count). The first-order valence-corrected chi connectivity index (χ1v) is 10.1. The van der Waals surface area contributed by atoms with Crippen LogP contribution in [0.25, 0.3) is 0 Å². The molecule has 1 heterocycles. The molecule has 0 fully saturated rings. The molecular formula is C23H22N2OS. The van der Waals surface area contributed by atoms with E-state index in [-0.39, 0.29) is 11.7 Å². The molecule has 3 nitrogen and oxygen atoms in total. The number of benzene rings is 2. The Morgan fingerprint density at radius 1 is 1.11 bits per heavy atom. The van der Waals surface area contributed by atoms with Gasteiger partial charge in [-0.1, -0.05) is 60.7 Å². The SMILES string of the molecule is CSC1=C(C#N)C(c2ccccc2)C(C(C)=O)=C(C)N1Cc1ccccc1. The second-order valence-corrected chi connectivity index (χ2v) is 7.30.